The summed E-state index contributed by atoms with van der Waals surface area (Å²) in [5, 5.41) is 6.71. The highest BCUT2D eigenvalue weighted by atomic mass is 16.6. The monoisotopic (exact) mass is 310 g/mol. The predicted molar refractivity (Wildman–Crippen MR) is 92.4 cm³/mol. The van der Waals surface area contributed by atoms with Crippen LogP contribution in [0.2, 0.25) is 0 Å². The first-order valence-electron chi connectivity index (χ1n) is 7.77. The molecule has 1 unspecified atom stereocenters. The highest BCUT2D eigenvalue weighted by Crippen LogP contribution is 2.04. The fourth-order valence-corrected chi connectivity index (χ4v) is 2.15. The van der Waals surface area contributed by atoms with Crippen LogP contribution < -0.4 is 5.32 Å². The molecule has 1 amide bonds. The fraction of sp³-hybridized carbons (Fsp3) is 0.263. The molecule has 23 heavy (non-hydrogen) atoms. The minimum absolute atomic E-state index is 0.0704. The Labute approximate surface area is 137 Å². The molecule has 0 saturated heterocycles. The van der Waals surface area contributed by atoms with Crippen molar-refractivity contribution in [2.75, 3.05) is 6.61 Å². The Balaban J connectivity index is 1.63. The molecule has 0 aliphatic heterocycles. The van der Waals surface area contributed by atoms with Crippen LogP contribution in [-0.4, -0.2) is 24.8 Å². The molecule has 2 rings (SSSR count). The summed E-state index contributed by atoms with van der Waals surface area (Å²) in [4.78, 5) is 16.8. The molecule has 4 nitrogen and oxygen atoms in total. The van der Waals surface area contributed by atoms with Crippen LogP contribution in [0.3, 0.4) is 0 Å². The molecule has 4 heteroatoms. The fourth-order valence-electron chi connectivity index (χ4n) is 2.15. The van der Waals surface area contributed by atoms with Crippen LogP contribution in [0.1, 0.15) is 24.5 Å². The van der Waals surface area contributed by atoms with Crippen LogP contribution >= 0.6 is 0 Å². The second kappa shape index (κ2) is 9.41. The van der Waals surface area contributed by atoms with Gasteiger partial charge < -0.3 is 10.2 Å². The van der Waals surface area contributed by atoms with E-state index in [2.05, 4.69) is 22.6 Å². The molecule has 0 aliphatic rings. The van der Waals surface area contributed by atoms with E-state index >= 15 is 0 Å². The molecule has 120 valence electrons. The number of carbonyl (C=O) groups excluding carboxylic acids is 1. The van der Waals surface area contributed by atoms with Crippen LogP contribution in [0, 0.1) is 0 Å². The van der Waals surface area contributed by atoms with Gasteiger partial charge in [0.2, 0.25) is 0 Å². The van der Waals surface area contributed by atoms with Gasteiger partial charge in [-0.25, -0.2) is 0 Å². The normalized spacial score (nSPS) is 12.0. The van der Waals surface area contributed by atoms with Gasteiger partial charge in [-0.15, -0.1) is 0 Å². The van der Waals surface area contributed by atoms with Crippen molar-refractivity contribution in [2.45, 2.75) is 25.8 Å². The first-order valence-corrected chi connectivity index (χ1v) is 7.77. The molecule has 0 spiro atoms. The molecule has 2 aromatic carbocycles. The van der Waals surface area contributed by atoms with Gasteiger partial charge in [-0.1, -0.05) is 65.8 Å². The predicted octanol–water partition coefficient (Wildman–Crippen LogP) is 3.17. The lowest BCUT2D eigenvalue weighted by molar-refractivity contribution is -0.126. The van der Waals surface area contributed by atoms with Crippen molar-refractivity contribution in [3.8, 4) is 0 Å². The number of hydrogen-bond acceptors (Lipinski definition) is 3. The SMILES string of the molecule is CC(CCc1ccccc1)NC(=O)CO/N=C/c1ccccc1. The Morgan fingerprint density at radius 1 is 1.13 bits per heavy atom. The van der Waals surface area contributed by atoms with Crippen LogP contribution in [0.15, 0.2) is 65.8 Å². The summed E-state index contributed by atoms with van der Waals surface area (Å²) >= 11 is 0. The molecule has 0 bridgehead atoms. The third-order valence-electron chi connectivity index (χ3n) is 3.39. The lowest BCUT2D eigenvalue weighted by atomic mass is 10.1. The molecule has 0 aromatic heterocycles. The van der Waals surface area contributed by atoms with Crippen molar-refractivity contribution >= 4 is 12.1 Å². The van der Waals surface area contributed by atoms with Gasteiger partial charge >= 0.3 is 0 Å². The molecular formula is C19H22N2O2. The van der Waals surface area contributed by atoms with Crippen LogP contribution in [-0.2, 0) is 16.1 Å². The minimum Gasteiger partial charge on any atom is -0.386 e. The smallest absolute Gasteiger partial charge is 0.260 e. The number of benzene rings is 2. The lowest BCUT2D eigenvalue weighted by Gasteiger charge is -2.13. The average molecular weight is 310 g/mol. The third-order valence-corrected chi connectivity index (χ3v) is 3.39. The maximum absolute atomic E-state index is 11.8. The number of nitrogens with zero attached hydrogens (tertiary/aromatic N) is 1. The number of hydrogen-bond donors (Lipinski definition) is 1. The van der Waals surface area contributed by atoms with Gasteiger partial charge in [-0.3, -0.25) is 4.79 Å². The maximum atomic E-state index is 11.8. The molecular weight excluding hydrogens is 288 g/mol. The van der Waals surface area contributed by atoms with Gasteiger partial charge in [0.1, 0.15) is 0 Å². The van der Waals surface area contributed by atoms with E-state index in [0.29, 0.717) is 0 Å². The Morgan fingerprint density at radius 3 is 2.48 bits per heavy atom. The number of amides is 1. The molecule has 1 N–H and O–H groups in total. The zero-order chi connectivity index (χ0) is 16.3. The summed E-state index contributed by atoms with van der Waals surface area (Å²) in [6.07, 6.45) is 3.42. The van der Waals surface area contributed by atoms with E-state index in [1.165, 1.54) is 5.56 Å². The second-order valence-electron chi connectivity index (χ2n) is 5.41. The average Bonchev–Trinajstić information content (AvgIpc) is 2.59. The highest BCUT2D eigenvalue weighted by Gasteiger charge is 2.07. The van der Waals surface area contributed by atoms with Gasteiger partial charge in [0.25, 0.3) is 5.91 Å². The topological polar surface area (TPSA) is 50.7 Å². The number of rotatable bonds is 8. The molecule has 0 radical (unpaired) electrons. The van der Waals surface area contributed by atoms with Gasteiger partial charge in [0.15, 0.2) is 6.61 Å². The first kappa shape index (κ1) is 16.7. The van der Waals surface area contributed by atoms with Gasteiger partial charge in [-0.2, -0.15) is 0 Å². The van der Waals surface area contributed by atoms with Crippen molar-refractivity contribution in [1.29, 1.82) is 0 Å². The van der Waals surface area contributed by atoms with Gasteiger partial charge in [0.05, 0.1) is 6.21 Å². The summed E-state index contributed by atoms with van der Waals surface area (Å²) in [6, 6.07) is 19.9. The van der Waals surface area contributed by atoms with E-state index in [-0.39, 0.29) is 18.6 Å². The van der Waals surface area contributed by atoms with Crippen LogP contribution in [0.25, 0.3) is 0 Å². The summed E-state index contributed by atoms with van der Waals surface area (Å²) in [7, 11) is 0. The third kappa shape index (κ3) is 6.78. The summed E-state index contributed by atoms with van der Waals surface area (Å²) in [6.45, 7) is 1.92. The summed E-state index contributed by atoms with van der Waals surface area (Å²) in [5.41, 5.74) is 2.21. The standard InChI is InChI=1S/C19H22N2O2/c1-16(12-13-17-8-4-2-5-9-17)21-19(22)15-23-20-14-18-10-6-3-7-11-18/h2-11,14,16H,12-13,15H2,1H3,(H,21,22)/b20-14+. The highest BCUT2D eigenvalue weighted by molar-refractivity contribution is 5.79. The first-order chi connectivity index (χ1) is 11.2. The largest absolute Gasteiger partial charge is 0.386 e. The summed E-state index contributed by atoms with van der Waals surface area (Å²) in [5.74, 6) is -0.157. The van der Waals surface area contributed by atoms with Crippen molar-refractivity contribution < 1.29 is 9.63 Å². The van der Waals surface area contributed by atoms with Crippen molar-refractivity contribution in [1.82, 2.24) is 5.32 Å². The maximum Gasteiger partial charge on any atom is 0.260 e. The van der Waals surface area contributed by atoms with Crippen LogP contribution in [0.4, 0.5) is 0 Å². The van der Waals surface area contributed by atoms with Crippen molar-refractivity contribution in [2.24, 2.45) is 5.16 Å². The molecule has 0 aliphatic carbocycles. The van der Waals surface area contributed by atoms with E-state index in [1.54, 1.807) is 6.21 Å². The molecule has 0 fully saturated rings. The van der Waals surface area contributed by atoms with E-state index in [4.69, 9.17) is 4.84 Å². The Morgan fingerprint density at radius 2 is 1.78 bits per heavy atom. The number of nitrogens with one attached hydrogen (secondary N) is 1. The zero-order valence-corrected chi connectivity index (χ0v) is 13.3. The zero-order valence-electron chi connectivity index (χ0n) is 13.3. The number of aryl methyl sites for hydroxylation is 1. The van der Waals surface area contributed by atoms with E-state index < -0.39 is 0 Å². The van der Waals surface area contributed by atoms with E-state index in [9.17, 15) is 4.79 Å². The van der Waals surface area contributed by atoms with Crippen LogP contribution in [0.5, 0.6) is 0 Å². The van der Waals surface area contributed by atoms with E-state index in [1.807, 2.05) is 55.5 Å². The number of oxime groups is 1. The Bertz CT molecular complexity index is 612. The quantitative estimate of drug-likeness (QED) is 0.601. The molecule has 1 atom stereocenters. The second-order valence-corrected chi connectivity index (χ2v) is 5.41. The minimum atomic E-state index is -0.157. The van der Waals surface area contributed by atoms with Crippen molar-refractivity contribution in [3.63, 3.8) is 0 Å². The Hall–Kier alpha value is -2.62. The lowest BCUT2D eigenvalue weighted by Crippen LogP contribution is -2.35. The number of carbonyl (C=O) groups is 1. The van der Waals surface area contributed by atoms with Gasteiger partial charge in [-0.05, 0) is 30.9 Å². The molecule has 0 heterocycles. The Kier molecular flexibility index (Phi) is 6.85. The van der Waals surface area contributed by atoms with E-state index in [0.717, 1.165) is 18.4 Å². The van der Waals surface area contributed by atoms with Gasteiger partial charge in [0, 0.05) is 6.04 Å². The molecule has 2 aromatic rings. The summed E-state index contributed by atoms with van der Waals surface area (Å²) < 4.78 is 0. The van der Waals surface area contributed by atoms with Crippen molar-refractivity contribution in [3.05, 3.63) is 71.8 Å². The molecule has 0 saturated carbocycles.